The molecule has 58 heavy (non-hydrogen) atoms. The number of carbonyl (C=O) groups is 1. The quantitative estimate of drug-likeness (QED) is 0.0364. The zero-order valence-electron chi connectivity index (χ0n) is 38.4. The summed E-state index contributed by atoms with van der Waals surface area (Å²) in [6.45, 7) is 4.17. The fourth-order valence-electron chi connectivity index (χ4n) is 7.36. The number of amides is 1. The maximum Gasteiger partial charge on any atom is 0.249 e. The largest absolute Gasteiger partial charge is 0.394 e. The SMILES string of the molecule is CCCCCCCCCC/C=C/CC/C=C/CC/C=C/C(O)C(CO)NC(=O)C(O)CCCCCCCCCCCC/C=C\C/C=C\CCCCCCCCCCC. The Labute approximate surface area is 360 Å². The fraction of sp³-hybridized carbons (Fsp3) is 0.792. The Kier molecular flexibility index (Phi) is 46.1. The molecule has 0 aromatic rings. The highest BCUT2D eigenvalue weighted by molar-refractivity contribution is 5.80. The van der Waals surface area contributed by atoms with Crippen molar-refractivity contribution in [3.8, 4) is 0 Å². The molecule has 5 heteroatoms. The molecule has 0 aliphatic rings. The molecule has 1 amide bonds. The van der Waals surface area contributed by atoms with Crippen molar-refractivity contribution in [1.82, 2.24) is 5.32 Å². The molecule has 0 spiro atoms. The van der Waals surface area contributed by atoms with Gasteiger partial charge in [0.25, 0.3) is 0 Å². The molecule has 0 saturated heterocycles. The maximum absolute atomic E-state index is 12.5. The summed E-state index contributed by atoms with van der Waals surface area (Å²) in [4.78, 5) is 12.5. The van der Waals surface area contributed by atoms with E-state index in [2.05, 4.69) is 67.8 Å². The summed E-state index contributed by atoms with van der Waals surface area (Å²) in [6.07, 6.45) is 64.1. The molecule has 0 rings (SSSR count). The zero-order chi connectivity index (χ0) is 42.3. The minimum atomic E-state index is -1.11. The number of carbonyl (C=O) groups excluding carboxylic acids is 1. The second-order valence-electron chi connectivity index (χ2n) is 17.0. The molecule has 0 aromatic heterocycles. The smallest absolute Gasteiger partial charge is 0.249 e. The van der Waals surface area contributed by atoms with Crippen LogP contribution in [0.25, 0.3) is 0 Å². The van der Waals surface area contributed by atoms with Crippen molar-refractivity contribution in [1.29, 1.82) is 0 Å². The van der Waals surface area contributed by atoms with Gasteiger partial charge in [-0.3, -0.25) is 4.79 Å². The van der Waals surface area contributed by atoms with E-state index in [0.717, 1.165) is 51.4 Å². The topological polar surface area (TPSA) is 89.8 Å². The number of nitrogens with one attached hydrogen (secondary N) is 1. The van der Waals surface area contributed by atoms with Crippen LogP contribution in [0.2, 0.25) is 0 Å². The van der Waals surface area contributed by atoms with Crippen LogP contribution in [0.15, 0.2) is 60.8 Å². The monoisotopic (exact) mass is 812 g/mol. The van der Waals surface area contributed by atoms with Gasteiger partial charge in [0.05, 0.1) is 18.8 Å². The van der Waals surface area contributed by atoms with Crippen molar-refractivity contribution in [2.24, 2.45) is 0 Å². The lowest BCUT2D eigenvalue weighted by atomic mass is 10.0. The number of allylic oxidation sites excluding steroid dienone is 9. The van der Waals surface area contributed by atoms with E-state index >= 15 is 0 Å². The van der Waals surface area contributed by atoms with Crippen molar-refractivity contribution >= 4 is 5.91 Å². The van der Waals surface area contributed by atoms with Crippen LogP contribution in [0, 0.1) is 0 Å². The highest BCUT2D eigenvalue weighted by atomic mass is 16.3. The Morgan fingerprint density at radius 1 is 0.431 bits per heavy atom. The molecule has 338 valence electrons. The van der Waals surface area contributed by atoms with Gasteiger partial charge in [0.15, 0.2) is 0 Å². The first-order chi connectivity index (χ1) is 28.6. The van der Waals surface area contributed by atoms with Gasteiger partial charge >= 0.3 is 0 Å². The summed E-state index contributed by atoms with van der Waals surface area (Å²) in [7, 11) is 0. The lowest BCUT2D eigenvalue weighted by molar-refractivity contribution is -0.131. The van der Waals surface area contributed by atoms with Crippen molar-refractivity contribution in [3.63, 3.8) is 0 Å². The molecular weight excluding hydrogens is 715 g/mol. The van der Waals surface area contributed by atoms with Crippen LogP contribution in [-0.2, 0) is 4.79 Å². The van der Waals surface area contributed by atoms with E-state index in [4.69, 9.17) is 0 Å². The number of hydrogen-bond donors (Lipinski definition) is 4. The third-order valence-corrected chi connectivity index (χ3v) is 11.3. The molecule has 0 fully saturated rings. The van der Waals surface area contributed by atoms with Gasteiger partial charge in [-0.15, -0.1) is 0 Å². The molecule has 0 saturated carbocycles. The number of unbranched alkanes of at least 4 members (excludes halogenated alkanes) is 29. The van der Waals surface area contributed by atoms with E-state index in [-0.39, 0.29) is 6.61 Å². The predicted molar refractivity (Wildman–Crippen MR) is 254 cm³/mol. The fourth-order valence-corrected chi connectivity index (χ4v) is 7.36. The van der Waals surface area contributed by atoms with Gasteiger partial charge in [-0.05, 0) is 77.0 Å². The summed E-state index contributed by atoms with van der Waals surface area (Å²) in [6, 6.07) is -0.825. The third-order valence-electron chi connectivity index (χ3n) is 11.3. The number of aliphatic hydroxyl groups excluding tert-OH is 3. The first-order valence-corrected chi connectivity index (χ1v) is 25.1. The van der Waals surface area contributed by atoms with Gasteiger partial charge < -0.3 is 20.6 Å². The van der Waals surface area contributed by atoms with Gasteiger partial charge in [-0.1, -0.05) is 229 Å². The summed E-state index contributed by atoms with van der Waals surface area (Å²) in [5.74, 6) is -0.520. The average molecular weight is 812 g/mol. The second kappa shape index (κ2) is 47.7. The molecule has 0 aromatic carbocycles. The minimum Gasteiger partial charge on any atom is -0.394 e. The van der Waals surface area contributed by atoms with Gasteiger partial charge in [-0.2, -0.15) is 0 Å². The number of hydrogen-bond acceptors (Lipinski definition) is 4. The van der Waals surface area contributed by atoms with Crippen LogP contribution in [0.3, 0.4) is 0 Å². The lowest BCUT2D eigenvalue weighted by Gasteiger charge is -2.21. The van der Waals surface area contributed by atoms with Crippen molar-refractivity contribution in [2.75, 3.05) is 6.61 Å². The Balaban J connectivity index is 3.69. The molecule has 4 N–H and O–H groups in total. The molecule has 3 atom stereocenters. The Morgan fingerprint density at radius 3 is 1.16 bits per heavy atom. The molecule has 0 aliphatic heterocycles. The zero-order valence-corrected chi connectivity index (χ0v) is 38.4. The Bertz CT molecular complexity index is 985. The van der Waals surface area contributed by atoms with Crippen molar-refractivity contribution < 1.29 is 20.1 Å². The van der Waals surface area contributed by atoms with Crippen LogP contribution in [-0.4, -0.2) is 46.1 Å². The van der Waals surface area contributed by atoms with Crippen LogP contribution >= 0.6 is 0 Å². The molecule has 0 heterocycles. The van der Waals surface area contributed by atoms with Crippen LogP contribution in [0.4, 0.5) is 0 Å². The summed E-state index contributed by atoms with van der Waals surface area (Å²) in [5, 5.41) is 33.2. The molecule has 0 radical (unpaired) electrons. The van der Waals surface area contributed by atoms with Crippen LogP contribution < -0.4 is 5.32 Å². The van der Waals surface area contributed by atoms with Crippen LogP contribution in [0.1, 0.15) is 245 Å². The minimum absolute atomic E-state index is 0.384. The summed E-state index contributed by atoms with van der Waals surface area (Å²) >= 11 is 0. The predicted octanol–water partition coefficient (Wildman–Crippen LogP) is 15.0. The van der Waals surface area contributed by atoms with E-state index in [1.54, 1.807) is 6.08 Å². The summed E-state index contributed by atoms with van der Waals surface area (Å²) in [5.41, 5.74) is 0. The van der Waals surface area contributed by atoms with Gasteiger partial charge in [0.2, 0.25) is 5.91 Å². The first kappa shape index (κ1) is 56.0. The normalized spacial score (nSPS) is 13.9. The van der Waals surface area contributed by atoms with Crippen molar-refractivity contribution in [2.45, 2.75) is 263 Å². The average Bonchev–Trinajstić information content (AvgIpc) is 3.23. The molecular formula is C53H97NO4. The molecule has 0 bridgehead atoms. The van der Waals surface area contributed by atoms with Gasteiger partial charge in [-0.25, -0.2) is 0 Å². The highest BCUT2D eigenvalue weighted by Gasteiger charge is 2.22. The van der Waals surface area contributed by atoms with E-state index in [1.807, 2.05) is 6.08 Å². The second-order valence-corrected chi connectivity index (χ2v) is 17.0. The third kappa shape index (κ3) is 42.2. The standard InChI is InChI=1S/C53H97NO4/c1-3-5-7-9-11-13-15-17-19-21-23-24-25-26-27-28-29-30-32-34-36-38-40-42-44-46-48-52(57)53(58)54-50(49-55)51(56)47-45-43-41-39-37-35-33-31-22-20-18-16-14-12-10-8-6-4-2/h22-24,26-27,31,37,39,45,47,50-52,55-57H,3-21,25,28-30,32-36,38,40-44,46,48-49H2,1-2H3,(H,54,58)/b24-23-,27-26-,31-22+,39-37+,47-45+. The number of rotatable bonds is 45. The van der Waals surface area contributed by atoms with Gasteiger partial charge in [0, 0.05) is 0 Å². The Hall–Kier alpha value is -1.95. The molecule has 5 nitrogen and oxygen atoms in total. The number of aliphatic hydroxyl groups is 3. The van der Waals surface area contributed by atoms with Crippen molar-refractivity contribution in [3.05, 3.63) is 60.8 Å². The maximum atomic E-state index is 12.5. The van der Waals surface area contributed by atoms with E-state index in [1.165, 1.54) is 173 Å². The van der Waals surface area contributed by atoms with E-state index in [9.17, 15) is 20.1 Å². The van der Waals surface area contributed by atoms with E-state index in [0.29, 0.717) is 6.42 Å². The van der Waals surface area contributed by atoms with Gasteiger partial charge in [0.1, 0.15) is 6.10 Å². The first-order valence-electron chi connectivity index (χ1n) is 25.1. The molecule has 0 aliphatic carbocycles. The Morgan fingerprint density at radius 2 is 0.759 bits per heavy atom. The van der Waals surface area contributed by atoms with Crippen LogP contribution in [0.5, 0.6) is 0 Å². The highest BCUT2D eigenvalue weighted by Crippen LogP contribution is 2.15. The summed E-state index contributed by atoms with van der Waals surface area (Å²) < 4.78 is 0. The molecule has 3 unspecified atom stereocenters. The lowest BCUT2D eigenvalue weighted by Crippen LogP contribution is -2.48. The van der Waals surface area contributed by atoms with E-state index < -0.39 is 24.2 Å².